The van der Waals surface area contributed by atoms with E-state index in [2.05, 4.69) is 44.7 Å². The first kappa shape index (κ1) is 20.7. The minimum absolute atomic E-state index is 0.133. The minimum atomic E-state index is -1.56. The summed E-state index contributed by atoms with van der Waals surface area (Å²) < 4.78 is 7.03. The van der Waals surface area contributed by atoms with Crippen LogP contribution in [0.1, 0.15) is 71.6 Å². The van der Waals surface area contributed by atoms with E-state index in [1.54, 1.807) is 12.7 Å². The van der Waals surface area contributed by atoms with E-state index in [0.29, 0.717) is 5.41 Å². The molecule has 0 unspecified atom stereocenters. The Morgan fingerprint density at radius 3 is 2.54 bits per heavy atom. The third kappa shape index (κ3) is 3.23. The van der Waals surface area contributed by atoms with E-state index in [4.69, 9.17) is 9.26 Å². The fraction of sp³-hybridized carbons (Fsp3) is 0.875. The van der Waals surface area contributed by atoms with Crippen LogP contribution in [-0.2, 0) is 9.26 Å². The van der Waals surface area contributed by atoms with Gasteiger partial charge in [0.2, 0.25) is 0 Å². The molecule has 0 amide bonds. The van der Waals surface area contributed by atoms with E-state index in [9.17, 15) is 0 Å². The maximum Gasteiger partial charge on any atom is 0.184 e. The lowest BCUT2D eigenvalue weighted by Gasteiger charge is -2.57. The molecule has 0 saturated heterocycles. The third-order valence-electron chi connectivity index (χ3n) is 8.89. The summed E-state index contributed by atoms with van der Waals surface area (Å²) in [6, 6.07) is 0. The molecule has 4 rings (SSSR count). The molecule has 0 aromatic rings. The lowest BCUT2D eigenvalue weighted by Crippen LogP contribution is -2.56. The van der Waals surface area contributed by atoms with Crippen LogP contribution in [-0.4, -0.2) is 26.7 Å². The molecule has 3 nitrogen and oxygen atoms in total. The van der Waals surface area contributed by atoms with Gasteiger partial charge in [0.1, 0.15) is 7.11 Å². The fourth-order valence-electron chi connectivity index (χ4n) is 7.88. The van der Waals surface area contributed by atoms with E-state index in [0.717, 1.165) is 35.8 Å². The maximum absolute atomic E-state index is 7.03. The highest BCUT2D eigenvalue weighted by Crippen LogP contribution is 2.66. The van der Waals surface area contributed by atoms with Crippen molar-refractivity contribution in [1.29, 1.82) is 0 Å². The van der Waals surface area contributed by atoms with Crippen LogP contribution >= 0.6 is 0 Å². The van der Waals surface area contributed by atoms with Crippen LogP contribution in [0.3, 0.4) is 0 Å². The Balaban J connectivity index is 1.59. The Morgan fingerprint density at radius 2 is 1.86 bits per heavy atom. The predicted octanol–water partition coefficient (Wildman–Crippen LogP) is 6.56. The summed E-state index contributed by atoms with van der Waals surface area (Å²) in [5.41, 5.74) is 3.34. The van der Waals surface area contributed by atoms with Gasteiger partial charge in [-0.05, 0) is 113 Å². The van der Waals surface area contributed by atoms with Gasteiger partial charge in [-0.25, -0.2) is 0 Å². The van der Waals surface area contributed by atoms with Gasteiger partial charge in [0, 0.05) is 0 Å². The van der Waals surface area contributed by atoms with Gasteiger partial charge in [-0.3, -0.25) is 0 Å². The average Bonchev–Trinajstić information content (AvgIpc) is 2.93. The zero-order valence-electron chi connectivity index (χ0n) is 19.0. The molecule has 3 fully saturated rings. The van der Waals surface area contributed by atoms with E-state index in [1.807, 2.05) is 0 Å². The highest BCUT2D eigenvalue weighted by atomic mass is 28.4. The largest absolute Gasteiger partial charge is 0.412 e. The quantitative estimate of drug-likeness (QED) is 0.393. The van der Waals surface area contributed by atoms with E-state index in [-0.39, 0.29) is 5.60 Å². The molecular formula is C24H41NO2Si. The second kappa shape index (κ2) is 7.26. The van der Waals surface area contributed by atoms with Crippen LogP contribution in [0.2, 0.25) is 19.6 Å². The SMILES string of the molecule is CC[C@]1(O[Si](C)(C)C)CC[C@H]2[C@@H]3CCC4=C/C(=N/OC)CC[C@@H]4[C@H]3CC[C@@]21C. The first-order valence-corrected chi connectivity index (χ1v) is 15.1. The number of rotatable bonds is 4. The first-order chi connectivity index (χ1) is 13.2. The van der Waals surface area contributed by atoms with Gasteiger partial charge >= 0.3 is 0 Å². The molecule has 28 heavy (non-hydrogen) atoms. The molecule has 3 saturated carbocycles. The van der Waals surface area contributed by atoms with Gasteiger partial charge in [-0.1, -0.05) is 24.6 Å². The summed E-state index contributed by atoms with van der Waals surface area (Å²) >= 11 is 0. The van der Waals surface area contributed by atoms with Crippen molar-refractivity contribution in [3.8, 4) is 0 Å². The highest BCUT2D eigenvalue weighted by Gasteiger charge is 2.63. The summed E-state index contributed by atoms with van der Waals surface area (Å²) in [4.78, 5) is 5.05. The molecule has 4 aliphatic carbocycles. The van der Waals surface area contributed by atoms with Crippen molar-refractivity contribution < 1.29 is 9.26 Å². The van der Waals surface area contributed by atoms with Crippen LogP contribution in [0, 0.1) is 29.1 Å². The summed E-state index contributed by atoms with van der Waals surface area (Å²) in [7, 11) is 0.105. The second-order valence-electron chi connectivity index (χ2n) is 11.2. The van der Waals surface area contributed by atoms with Gasteiger partial charge < -0.3 is 9.26 Å². The van der Waals surface area contributed by atoms with Gasteiger partial charge in [-0.15, -0.1) is 0 Å². The van der Waals surface area contributed by atoms with Crippen LogP contribution in [0.4, 0.5) is 0 Å². The Kier molecular flexibility index (Phi) is 5.36. The average molecular weight is 404 g/mol. The normalized spacial score (nSPS) is 44.5. The monoisotopic (exact) mass is 403 g/mol. The van der Waals surface area contributed by atoms with Gasteiger partial charge in [-0.2, -0.15) is 0 Å². The van der Waals surface area contributed by atoms with Gasteiger partial charge in [0.05, 0.1) is 11.3 Å². The van der Waals surface area contributed by atoms with Crippen molar-refractivity contribution in [2.75, 3.05) is 7.11 Å². The van der Waals surface area contributed by atoms with Crippen molar-refractivity contribution in [3.05, 3.63) is 11.6 Å². The minimum Gasteiger partial charge on any atom is -0.412 e. The lowest BCUT2D eigenvalue weighted by atomic mass is 9.50. The molecule has 0 spiro atoms. The number of nitrogens with zero attached hydrogens (tertiary/aromatic N) is 1. The van der Waals surface area contributed by atoms with E-state index >= 15 is 0 Å². The van der Waals surface area contributed by atoms with Crippen LogP contribution in [0.25, 0.3) is 0 Å². The molecular weight excluding hydrogens is 362 g/mol. The van der Waals surface area contributed by atoms with Crippen LogP contribution in [0.5, 0.6) is 0 Å². The molecule has 0 aromatic heterocycles. The molecule has 0 aromatic carbocycles. The summed E-state index contributed by atoms with van der Waals surface area (Å²) in [6.07, 6.45) is 14.0. The van der Waals surface area contributed by atoms with Crippen molar-refractivity contribution in [2.45, 2.75) is 96.9 Å². The van der Waals surface area contributed by atoms with Crippen molar-refractivity contribution in [1.82, 2.24) is 0 Å². The highest BCUT2D eigenvalue weighted by molar-refractivity contribution is 6.69. The van der Waals surface area contributed by atoms with Crippen LogP contribution < -0.4 is 0 Å². The standard InChI is InChI=1S/C24H41NO2Si/c1-7-24(27-28(4,5)6)15-13-22-21-10-8-17-16-18(25-26-3)9-11-19(17)20(21)12-14-23(22,24)2/h16,19-22H,7-15H2,1-6H3/b25-18+/t19-,20+,21+,22-,23-,24-/m0/s1. The zero-order valence-corrected chi connectivity index (χ0v) is 20.0. The molecule has 0 bridgehead atoms. The van der Waals surface area contributed by atoms with Crippen molar-refractivity contribution >= 4 is 14.0 Å². The van der Waals surface area contributed by atoms with Crippen LogP contribution in [0.15, 0.2) is 16.8 Å². The number of oxime groups is 1. The summed E-state index contributed by atoms with van der Waals surface area (Å²) in [5.74, 6) is 3.45. The Bertz CT molecular complexity index is 666. The van der Waals surface area contributed by atoms with E-state index in [1.165, 1.54) is 51.4 Å². The second-order valence-corrected chi connectivity index (χ2v) is 15.6. The van der Waals surface area contributed by atoms with Crippen molar-refractivity contribution in [3.63, 3.8) is 0 Å². The number of hydrogen-bond donors (Lipinski definition) is 0. The summed E-state index contributed by atoms with van der Waals surface area (Å²) in [6.45, 7) is 12.1. The van der Waals surface area contributed by atoms with Crippen molar-refractivity contribution in [2.24, 2.45) is 34.2 Å². The number of fused-ring (bicyclic) bond motifs is 5. The number of allylic oxidation sites excluding steroid dienone is 2. The lowest BCUT2D eigenvalue weighted by molar-refractivity contribution is -0.108. The number of hydrogen-bond acceptors (Lipinski definition) is 3. The molecule has 4 aliphatic rings. The third-order valence-corrected chi connectivity index (χ3v) is 9.89. The zero-order chi connectivity index (χ0) is 20.2. The molecule has 6 atom stereocenters. The molecule has 0 heterocycles. The molecule has 0 N–H and O–H groups in total. The molecule has 0 radical (unpaired) electrons. The molecule has 4 heteroatoms. The fourth-order valence-corrected chi connectivity index (χ4v) is 9.53. The van der Waals surface area contributed by atoms with Gasteiger partial charge in [0.15, 0.2) is 8.32 Å². The Morgan fingerprint density at radius 1 is 1.07 bits per heavy atom. The molecule has 0 aliphatic heterocycles. The predicted molar refractivity (Wildman–Crippen MR) is 119 cm³/mol. The first-order valence-electron chi connectivity index (χ1n) is 11.7. The topological polar surface area (TPSA) is 30.8 Å². The van der Waals surface area contributed by atoms with Gasteiger partial charge in [0.25, 0.3) is 0 Å². The summed E-state index contributed by atoms with van der Waals surface area (Å²) in [5, 5.41) is 4.23. The maximum atomic E-state index is 7.03. The van der Waals surface area contributed by atoms with E-state index < -0.39 is 8.32 Å². The Labute approximate surface area is 173 Å². The molecule has 158 valence electrons. The smallest absolute Gasteiger partial charge is 0.184 e. The Hall–Kier alpha value is -0.613.